The number of rotatable bonds is 5. The normalized spacial score (nSPS) is 17.0. The molecule has 1 fully saturated rings. The van der Waals surface area contributed by atoms with Gasteiger partial charge in [0.15, 0.2) is 11.5 Å². The third-order valence-electron chi connectivity index (χ3n) is 4.64. The van der Waals surface area contributed by atoms with Crippen LogP contribution in [0.25, 0.3) is 0 Å². The van der Waals surface area contributed by atoms with E-state index in [9.17, 15) is 0 Å². The van der Waals surface area contributed by atoms with E-state index in [1.165, 1.54) is 5.56 Å². The van der Waals surface area contributed by atoms with Gasteiger partial charge in [0.2, 0.25) is 0 Å². The Morgan fingerprint density at radius 2 is 1.88 bits per heavy atom. The first-order valence-electron chi connectivity index (χ1n) is 9.26. The molecule has 0 spiro atoms. The maximum Gasteiger partial charge on any atom is 0.165 e. The summed E-state index contributed by atoms with van der Waals surface area (Å²) in [5.74, 6) is 2.75. The molecule has 2 aliphatic heterocycles. The predicted molar refractivity (Wildman–Crippen MR) is 99.9 cm³/mol. The van der Waals surface area contributed by atoms with Gasteiger partial charge in [-0.2, -0.15) is 0 Å². The maximum atomic E-state index is 5.89. The largest absolute Gasteiger partial charge is 0.490 e. The zero-order valence-corrected chi connectivity index (χ0v) is 14.9. The maximum absolute atomic E-state index is 5.89. The molecule has 0 saturated carbocycles. The lowest BCUT2D eigenvalue weighted by Gasteiger charge is -2.28. The van der Waals surface area contributed by atoms with Gasteiger partial charge >= 0.3 is 0 Å². The Bertz CT molecular complexity index is 732. The molecule has 0 aliphatic carbocycles. The molecule has 0 radical (unpaired) electrons. The van der Waals surface area contributed by atoms with E-state index in [0.29, 0.717) is 13.2 Å². The van der Waals surface area contributed by atoms with Crippen LogP contribution in [0.5, 0.6) is 11.5 Å². The summed E-state index contributed by atoms with van der Waals surface area (Å²) >= 11 is 0. The topological polar surface area (TPSA) is 55.9 Å². The summed E-state index contributed by atoms with van der Waals surface area (Å²) in [6.45, 7) is 6.28. The van der Waals surface area contributed by atoms with Crippen LogP contribution in [0.4, 0.5) is 5.82 Å². The van der Waals surface area contributed by atoms with Crippen molar-refractivity contribution < 1.29 is 14.2 Å². The number of pyridine rings is 1. The number of fused-ring (bicyclic) bond motifs is 1. The summed E-state index contributed by atoms with van der Waals surface area (Å²) in [6.07, 6.45) is 2.80. The minimum Gasteiger partial charge on any atom is -0.490 e. The van der Waals surface area contributed by atoms with Crippen LogP contribution in [0, 0.1) is 0 Å². The molecule has 4 rings (SSSR count). The van der Waals surface area contributed by atoms with Crippen molar-refractivity contribution in [1.29, 1.82) is 0 Å². The van der Waals surface area contributed by atoms with Gasteiger partial charge in [-0.25, -0.2) is 4.98 Å². The molecule has 6 nitrogen and oxygen atoms in total. The first-order chi connectivity index (χ1) is 12.9. The number of aromatic nitrogens is 1. The second kappa shape index (κ2) is 8.38. The molecule has 1 aromatic carbocycles. The number of morpholine rings is 1. The molecule has 0 bridgehead atoms. The molecule has 26 heavy (non-hydrogen) atoms. The van der Waals surface area contributed by atoms with E-state index in [0.717, 1.165) is 68.7 Å². The Balaban J connectivity index is 1.38. The standard InChI is InChI=1S/C20H25N3O3/c1-3-17(20-18(4-1)25-9-2-10-26-20)15-21-14-16-5-6-22-19(13-16)23-7-11-24-12-8-23/h1,3-6,13,21H,2,7-12,14-15H2. The summed E-state index contributed by atoms with van der Waals surface area (Å²) in [4.78, 5) is 6.78. The van der Waals surface area contributed by atoms with Crippen LogP contribution in [-0.4, -0.2) is 44.5 Å². The third kappa shape index (κ3) is 4.08. The molecule has 0 atom stereocenters. The van der Waals surface area contributed by atoms with E-state index < -0.39 is 0 Å². The van der Waals surface area contributed by atoms with Gasteiger partial charge in [0.1, 0.15) is 5.82 Å². The fourth-order valence-corrected chi connectivity index (χ4v) is 3.27. The van der Waals surface area contributed by atoms with E-state index in [4.69, 9.17) is 14.2 Å². The van der Waals surface area contributed by atoms with E-state index in [-0.39, 0.29) is 0 Å². The van der Waals surface area contributed by atoms with Crippen LogP contribution in [0.3, 0.4) is 0 Å². The third-order valence-corrected chi connectivity index (χ3v) is 4.64. The number of nitrogens with zero attached hydrogens (tertiary/aromatic N) is 2. The molecule has 1 N–H and O–H groups in total. The quantitative estimate of drug-likeness (QED) is 0.889. The van der Waals surface area contributed by atoms with E-state index in [1.807, 2.05) is 18.3 Å². The Hall–Kier alpha value is -2.31. The highest BCUT2D eigenvalue weighted by atomic mass is 16.5. The molecule has 2 aromatic rings. The molecule has 3 heterocycles. The van der Waals surface area contributed by atoms with Crippen LogP contribution >= 0.6 is 0 Å². The Labute approximate surface area is 154 Å². The lowest BCUT2D eigenvalue weighted by atomic mass is 10.1. The average molecular weight is 355 g/mol. The molecule has 138 valence electrons. The zero-order valence-electron chi connectivity index (χ0n) is 14.9. The molecular formula is C20H25N3O3. The number of benzene rings is 1. The molecule has 1 saturated heterocycles. The van der Waals surface area contributed by atoms with Gasteiger partial charge in [0, 0.05) is 44.4 Å². The fourth-order valence-electron chi connectivity index (χ4n) is 3.27. The van der Waals surface area contributed by atoms with Gasteiger partial charge in [0.25, 0.3) is 0 Å². The second-order valence-corrected chi connectivity index (χ2v) is 6.52. The summed E-state index contributed by atoms with van der Waals surface area (Å²) in [5, 5.41) is 3.51. The van der Waals surface area contributed by atoms with Crippen LogP contribution in [-0.2, 0) is 17.8 Å². The molecular weight excluding hydrogens is 330 g/mol. The number of nitrogens with one attached hydrogen (secondary N) is 1. The van der Waals surface area contributed by atoms with Crippen LogP contribution < -0.4 is 19.7 Å². The van der Waals surface area contributed by atoms with Crippen molar-refractivity contribution in [3.63, 3.8) is 0 Å². The predicted octanol–water partition coefficient (Wildman–Crippen LogP) is 2.37. The number of hydrogen-bond acceptors (Lipinski definition) is 6. The Kier molecular flexibility index (Phi) is 5.52. The Morgan fingerprint density at radius 3 is 2.81 bits per heavy atom. The van der Waals surface area contributed by atoms with Crippen molar-refractivity contribution in [2.45, 2.75) is 19.5 Å². The number of anilines is 1. The van der Waals surface area contributed by atoms with Crippen molar-refractivity contribution in [2.24, 2.45) is 0 Å². The van der Waals surface area contributed by atoms with Crippen LogP contribution in [0.15, 0.2) is 36.5 Å². The number of ether oxygens (including phenoxy) is 3. The minimum absolute atomic E-state index is 0.706. The lowest BCUT2D eigenvalue weighted by molar-refractivity contribution is 0.122. The number of para-hydroxylation sites is 1. The summed E-state index contributed by atoms with van der Waals surface area (Å²) in [5.41, 5.74) is 2.35. The number of hydrogen-bond donors (Lipinski definition) is 1. The highest BCUT2D eigenvalue weighted by Crippen LogP contribution is 2.33. The molecule has 0 unspecified atom stereocenters. The van der Waals surface area contributed by atoms with E-state index >= 15 is 0 Å². The fraction of sp³-hybridized carbons (Fsp3) is 0.450. The molecule has 6 heteroatoms. The van der Waals surface area contributed by atoms with Crippen molar-refractivity contribution in [1.82, 2.24) is 10.3 Å². The van der Waals surface area contributed by atoms with E-state index in [1.54, 1.807) is 0 Å². The molecule has 0 amide bonds. The van der Waals surface area contributed by atoms with Gasteiger partial charge in [-0.05, 0) is 23.8 Å². The molecule has 1 aromatic heterocycles. The molecule has 2 aliphatic rings. The van der Waals surface area contributed by atoms with Crippen LogP contribution in [0.2, 0.25) is 0 Å². The average Bonchev–Trinajstić information content (AvgIpc) is 2.95. The Morgan fingerprint density at radius 1 is 1.00 bits per heavy atom. The first kappa shape index (κ1) is 17.1. The second-order valence-electron chi connectivity index (χ2n) is 6.52. The highest BCUT2D eigenvalue weighted by molar-refractivity contribution is 5.47. The van der Waals surface area contributed by atoms with E-state index in [2.05, 4.69) is 33.4 Å². The summed E-state index contributed by atoms with van der Waals surface area (Å²) < 4.78 is 17.1. The summed E-state index contributed by atoms with van der Waals surface area (Å²) in [6, 6.07) is 10.3. The van der Waals surface area contributed by atoms with Crippen LogP contribution in [0.1, 0.15) is 17.5 Å². The van der Waals surface area contributed by atoms with Gasteiger partial charge in [-0.1, -0.05) is 12.1 Å². The van der Waals surface area contributed by atoms with Crippen molar-refractivity contribution in [3.8, 4) is 11.5 Å². The monoisotopic (exact) mass is 355 g/mol. The smallest absolute Gasteiger partial charge is 0.165 e. The first-order valence-corrected chi connectivity index (χ1v) is 9.26. The minimum atomic E-state index is 0.706. The highest BCUT2D eigenvalue weighted by Gasteiger charge is 2.15. The lowest BCUT2D eigenvalue weighted by Crippen LogP contribution is -2.36. The zero-order chi connectivity index (χ0) is 17.6. The van der Waals surface area contributed by atoms with Gasteiger partial charge in [-0.15, -0.1) is 0 Å². The van der Waals surface area contributed by atoms with Crippen molar-refractivity contribution in [2.75, 3.05) is 44.4 Å². The van der Waals surface area contributed by atoms with Crippen molar-refractivity contribution in [3.05, 3.63) is 47.7 Å². The van der Waals surface area contributed by atoms with Crippen molar-refractivity contribution >= 4 is 5.82 Å². The van der Waals surface area contributed by atoms with Gasteiger partial charge in [0.05, 0.1) is 26.4 Å². The van der Waals surface area contributed by atoms with Gasteiger partial charge < -0.3 is 24.4 Å². The van der Waals surface area contributed by atoms with Gasteiger partial charge in [-0.3, -0.25) is 0 Å². The SMILES string of the molecule is c1cc(CNCc2ccnc(N3CCOCC3)c2)c2c(c1)OCCCO2. The summed E-state index contributed by atoms with van der Waals surface area (Å²) in [7, 11) is 0.